The van der Waals surface area contributed by atoms with Crippen molar-refractivity contribution < 1.29 is 4.79 Å². The summed E-state index contributed by atoms with van der Waals surface area (Å²) in [5.74, 6) is 0.506. The van der Waals surface area contributed by atoms with E-state index >= 15 is 0 Å². The van der Waals surface area contributed by atoms with Gasteiger partial charge < -0.3 is 10.6 Å². The van der Waals surface area contributed by atoms with E-state index in [0.29, 0.717) is 12.5 Å². The zero-order chi connectivity index (χ0) is 13.9. The normalized spacial score (nSPS) is 26.1. The topological polar surface area (TPSA) is 46.3 Å². The van der Waals surface area contributed by atoms with Crippen molar-refractivity contribution in [2.45, 2.75) is 44.6 Å². The van der Waals surface area contributed by atoms with E-state index in [9.17, 15) is 4.79 Å². The maximum Gasteiger partial charge on any atom is 0.226 e. The molecule has 3 heteroatoms. The van der Waals surface area contributed by atoms with Gasteiger partial charge in [0.05, 0.1) is 0 Å². The predicted octanol–water partition coefficient (Wildman–Crippen LogP) is 2.13. The van der Waals surface area contributed by atoms with Crippen LogP contribution in [0.3, 0.4) is 0 Å². The molecule has 1 heterocycles. The van der Waals surface area contributed by atoms with Crippen LogP contribution in [0.25, 0.3) is 0 Å². The molecule has 1 saturated heterocycles. The first-order valence-corrected chi connectivity index (χ1v) is 7.87. The second kappa shape index (κ2) is 5.96. The highest BCUT2D eigenvalue weighted by Crippen LogP contribution is 2.28. The van der Waals surface area contributed by atoms with E-state index in [1.807, 2.05) is 0 Å². The van der Waals surface area contributed by atoms with E-state index in [0.717, 1.165) is 38.6 Å². The monoisotopic (exact) mass is 272 g/mol. The summed E-state index contributed by atoms with van der Waals surface area (Å²) in [4.78, 5) is 14.9. The average Bonchev–Trinajstić information content (AvgIpc) is 2.53. The van der Waals surface area contributed by atoms with Gasteiger partial charge in [-0.15, -0.1) is 0 Å². The number of nitrogens with zero attached hydrogens (tertiary/aromatic N) is 1. The van der Waals surface area contributed by atoms with Gasteiger partial charge in [0.1, 0.15) is 0 Å². The molecule has 2 unspecified atom stereocenters. The van der Waals surface area contributed by atoms with Gasteiger partial charge >= 0.3 is 0 Å². The van der Waals surface area contributed by atoms with Crippen LogP contribution in [0.4, 0.5) is 0 Å². The number of likely N-dealkylation sites (tertiary alicyclic amines) is 1. The fourth-order valence-corrected chi connectivity index (χ4v) is 3.68. The van der Waals surface area contributed by atoms with Gasteiger partial charge in [0.25, 0.3) is 0 Å². The highest BCUT2D eigenvalue weighted by atomic mass is 16.2. The zero-order valence-corrected chi connectivity index (χ0v) is 12.1. The Labute approximate surface area is 121 Å². The van der Waals surface area contributed by atoms with Crippen LogP contribution in [0.15, 0.2) is 24.3 Å². The van der Waals surface area contributed by atoms with Crippen LogP contribution < -0.4 is 5.73 Å². The minimum atomic E-state index is 0.164. The fraction of sp³-hybridized carbons (Fsp3) is 0.588. The Morgan fingerprint density at radius 1 is 1.20 bits per heavy atom. The van der Waals surface area contributed by atoms with Gasteiger partial charge in [-0.1, -0.05) is 24.3 Å². The third kappa shape index (κ3) is 2.59. The number of aryl methyl sites for hydroxylation is 1. The van der Waals surface area contributed by atoms with Crippen molar-refractivity contribution in [2.24, 2.45) is 11.7 Å². The number of hydrogen-bond donors (Lipinski definition) is 1. The minimum Gasteiger partial charge on any atom is -0.338 e. The molecule has 2 atom stereocenters. The molecule has 0 saturated carbocycles. The first kappa shape index (κ1) is 13.6. The average molecular weight is 272 g/mol. The molecule has 1 aromatic carbocycles. The van der Waals surface area contributed by atoms with E-state index in [1.165, 1.54) is 17.5 Å². The molecular weight excluding hydrogens is 248 g/mol. The summed E-state index contributed by atoms with van der Waals surface area (Å²) in [5, 5.41) is 0. The van der Waals surface area contributed by atoms with E-state index in [1.54, 1.807) is 0 Å². The van der Waals surface area contributed by atoms with Crippen LogP contribution in [-0.2, 0) is 17.6 Å². The second-order valence-corrected chi connectivity index (χ2v) is 6.13. The Morgan fingerprint density at radius 2 is 2.00 bits per heavy atom. The predicted molar refractivity (Wildman–Crippen MR) is 80.4 cm³/mol. The van der Waals surface area contributed by atoms with Crippen LogP contribution in [0.5, 0.6) is 0 Å². The number of nitrogens with two attached hydrogens (primary N) is 1. The molecule has 0 spiro atoms. The molecule has 3 rings (SSSR count). The summed E-state index contributed by atoms with van der Waals surface area (Å²) in [5.41, 5.74) is 8.63. The lowest BCUT2D eigenvalue weighted by Crippen LogP contribution is -2.50. The number of amides is 1. The number of carbonyl (C=O) groups is 1. The first-order valence-electron chi connectivity index (χ1n) is 7.87. The molecule has 108 valence electrons. The van der Waals surface area contributed by atoms with Crippen LogP contribution in [0.1, 0.15) is 36.8 Å². The quantitative estimate of drug-likeness (QED) is 0.896. The van der Waals surface area contributed by atoms with E-state index in [2.05, 4.69) is 29.2 Å². The summed E-state index contributed by atoms with van der Waals surface area (Å²) < 4.78 is 0. The van der Waals surface area contributed by atoms with Crippen molar-refractivity contribution in [3.8, 4) is 0 Å². The molecule has 2 N–H and O–H groups in total. The van der Waals surface area contributed by atoms with Crippen molar-refractivity contribution in [1.82, 2.24) is 4.90 Å². The zero-order valence-electron chi connectivity index (χ0n) is 12.1. The van der Waals surface area contributed by atoms with Crippen molar-refractivity contribution in [3.05, 3.63) is 35.4 Å². The minimum absolute atomic E-state index is 0.164. The molecule has 0 aromatic heterocycles. The Bertz CT molecular complexity index is 486. The number of benzene rings is 1. The summed E-state index contributed by atoms with van der Waals surface area (Å²) in [7, 11) is 0. The molecule has 1 amide bonds. The third-order valence-electron chi connectivity index (χ3n) is 4.88. The standard InChI is InChI=1S/C17H24N2O/c18-12-16-7-3-4-10-19(16)17(20)15-9-8-13-5-1-2-6-14(13)11-15/h1-2,5-6,15-16H,3-4,7-12,18H2. The Balaban J connectivity index is 1.72. The number of fused-ring (bicyclic) bond motifs is 1. The molecule has 1 fully saturated rings. The maximum atomic E-state index is 12.8. The van der Waals surface area contributed by atoms with Gasteiger partial charge in [-0.3, -0.25) is 4.79 Å². The summed E-state index contributed by atoms with van der Waals surface area (Å²) in [6, 6.07) is 8.81. The summed E-state index contributed by atoms with van der Waals surface area (Å²) in [6.45, 7) is 1.51. The van der Waals surface area contributed by atoms with Crippen molar-refractivity contribution in [3.63, 3.8) is 0 Å². The Hall–Kier alpha value is -1.35. The number of piperidine rings is 1. The number of hydrogen-bond acceptors (Lipinski definition) is 2. The van der Waals surface area contributed by atoms with Crippen molar-refractivity contribution in [2.75, 3.05) is 13.1 Å². The largest absolute Gasteiger partial charge is 0.338 e. The maximum absolute atomic E-state index is 12.8. The second-order valence-electron chi connectivity index (χ2n) is 6.13. The lowest BCUT2D eigenvalue weighted by molar-refractivity contribution is -0.139. The highest BCUT2D eigenvalue weighted by molar-refractivity contribution is 5.80. The molecule has 2 aliphatic rings. The molecule has 1 aromatic rings. The smallest absolute Gasteiger partial charge is 0.226 e. The van der Waals surface area contributed by atoms with Gasteiger partial charge in [-0.05, 0) is 49.7 Å². The Kier molecular flexibility index (Phi) is 4.06. The summed E-state index contributed by atoms with van der Waals surface area (Å²) in [6.07, 6.45) is 6.34. The Morgan fingerprint density at radius 3 is 2.80 bits per heavy atom. The molecular formula is C17H24N2O. The number of rotatable bonds is 2. The number of carbonyl (C=O) groups excluding carboxylic acids is 1. The molecule has 20 heavy (non-hydrogen) atoms. The van der Waals surface area contributed by atoms with E-state index in [-0.39, 0.29) is 12.0 Å². The SMILES string of the molecule is NCC1CCCCN1C(=O)C1CCc2ccccc2C1. The molecule has 3 nitrogen and oxygen atoms in total. The summed E-state index contributed by atoms with van der Waals surface area (Å²) >= 11 is 0. The molecule has 0 radical (unpaired) electrons. The lowest BCUT2D eigenvalue weighted by atomic mass is 9.82. The van der Waals surface area contributed by atoms with Gasteiger partial charge in [0.15, 0.2) is 0 Å². The van der Waals surface area contributed by atoms with Crippen LogP contribution in [-0.4, -0.2) is 29.9 Å². The van der Waals surface area contributed by atoms with Gasteiger partial charge in [0, 0.05) is 25.0 Å². The molecule has 1 aliphatic heterocycles. The molecule has 0 bridgehead atoms. The highest BCUT2D eigenvalue weighted by Gasteiger charge is 2.32. The van der Waals surface area contributed by atoms with Crippen molar-refractivity contribution >= 4 is 5.91 Å². The van der Waals surface area contributed by atoms with Gasteiger partial charge in [-0.2, -0.15) is 0 Å². The van der Waals surface area contributed by atoms with E-state index < -0.39 is 0 Å². The van der Waals surface area contributed by atoms with Crippen LogP contribution in [0.2, 0.25) is 0 Å². The fourth-order valence-electron chi connectivity index (χ4n) is 3.68. The molecule has 1 aliphatic carbocycles. The lowest BCUT2D eigenvalue weighted by Gasteiger charge is -2.38. The van der Waals surface area contributed by atoms with Crippen LogP contribution in [0, 0.1) is 5.92 Å². The third-order valence-corrected chi connectivity index (χ3v) is 4.88. The van der Waals surface area contributed by atoms with Gasteiger partial charge in [0.2, 0.25) is 5.91 Å². The first-order chi connectivity index (χ1) is 9.79. The van der Waals surface area contributed by atoms with Crippen molar-refractivity contribution in [1.29, 1.82) is 0 Å². The van der Waals surface area contributed by atoms with Crippen LogP contribution >= 0.6 is 0 Å². The van der Waals surface area contributed by atoms with Gasteiger partial charge in [-0.25, -0.2) is 0 Å². The van der Waals surface area contributed by atoms with E-state index in [4.69, 9.17) is 5.73 Å².